The molecule has 1 aromatic rings. The van der Waals surface area contributed by atoms with Gasteiger partial charge in [-0.3, -0.25) is 9.59 Å². The topological polar surface area (TPSA) is 76.7 Å². The standard InChI is InChI=1S/C19H28N2O4/c1-24-14-19(9-11-20-12-10-19)13-21-18(23)8-7-17(22)15-3-5-16(25-2)6-4-15/h3-6,20H,7-14H2,1-2H3,(H,21,23). The van der Waals surface area contributed by atoms with E-state index in [1.807, 2.05) is 0 Å². The van der Waals surface area contributed by atoms with E-state index in [0.29, 0.717) is 24.5 Å². The van der Waals surface area contributed by atoms with Crippen LogP contribution < -0.4 is 15.4 Å². The van der Waals surface area contributed by atoms with Gasteiger partial charge in [-0.2, -0.15) is 0 Å². The summed E-state index contributed by atoms with van der Waals surface area (Å²) in [7, 11) is 3.28. The predicted octanol–water partition coefficient (Wildman–Crippen LogP) is 1.79. The Morgan fingerprint density at radius 3 is 2.40 bits per heavy atom. The first-order chi connectivity index (χ1) is 12.1. The van der Waals surface area contributed by atoms with Crippen molar-refractivity contribution < 1.29 is 19.1 Å². The van der Waals surface area contributed by atoms with Crippen LogP contribution in [0.1, 0.15) is 36.0 Å². The fourth-order valence-electron chi connectivity index (χ4n) is 3.16. The molecule has 0 spiro atoms. The predicted molar refractivity (Wildman–Crippen MR) is 96.0 cm³/mol. The molecule has 0 unspecified atom stereocenters. The van der Waals surface area contributed by atoms with Crippen LogP contribution in [0.25, 0.3) is 0 Å². The second kappa shape index (κ2) is 9.53. The summed E-state index contributed by atoms with van der Waals surface area (Å²) in [6.07, 6.45) is 2.36. The number of methoxy groups -OCH3 is 2. The van der Waals surface area contributed by atoms with Crippen molar-refractivity contribution in [3.8, 4) is 5.75 Å². The molecule has 0 atom stereocenters. The normalized spacial score (nSPS) is 16.2. The molecular weight excluding hydrogens is 320 g/mol. The van der Waals surface area contributed by atoms with E-state index < -0.39 is 0 Å². The number of hydrogen-bond donors (Lipinski definition) is 2. The molecule has 1 saturated heterocycles. The Balaban J connectivity index is 1.78. The number of benzene rings is 1. The van der Waals surface area contributed by atoms with E-state index in [9.17, 15) is 9.59 Å². The molecular formula is C19H28N2O4. The first kappa shape index (κ1) is 19.4. The summed E-state index contributed by atoms with van der Waals surface area (Å²) in [4.78, 5) is 24.3. The van der Waals surface area contributed by atoms with Gasteiger partial charge in [0.2, 0.25) is 5.91 Å². The Kier molecular flexibility index (Phi) is 7.40. The van der Waals surface area contributed by atoms with Crippen molar-refractivity contribution in [2.24, 2.45) is 5.41 Å². The van der Waals surface area contributed by atoms with Gasteiger partial charge in [-0.05, 0) is 50.2 Å². The SMILES string of the molecule is COCC1(CNC(=O)CCC(=O)c2ccc(OC)cc2)CCNCC1. The molecule has 2 rings (SSSR count). The van der Waals surface area contributed by atoms with Gasteiger partial charge in [0, 0.05) is 37.5 Å². The van der Waals surface area contributed by atoms with Crippen molar-refractivity contribution in [2.45, 2.75) is 25.7 Å². The van der Waals surface area contributed by atoms with Crippen molar-refractivity contribution in [1.82, 2.24) is 10.6 Å². The number of piperidine rings is 1. The van der Waals surface area contributed by atoms with Gasteiger partial charge in [-0.25, -0.2) is 0 Å². The lowest BCUT2D eigenvalue weighted by Crippen LogP contribution is -2.47. The average molecular weight is 348 g/mol. The smallest absolute Gasteiger partial charge is 0.220 e. The summed E-state index contributed by atoms with van der Waals surface area (Å²) in [6.45, 7) is 3.11. The van der Waals surface area contributed by atoms with Gasteiger partial charge in [0.15, 0.2) is 5.78 Å². The lowest BCUT2D eigenvalue weighted by Gasteiger charge is -2.37. The summed E-state index contributed by atoms with van der Waals surface area (Å²) in [6, 6.07) is 6.95. The van der Waals surface area contributed by atoms with E-state index in [0.717, 1.165) is 25.9 Å². The molecule has 2 N–H and O–H groups in total. The lowest BCUT2D eigenvalue weighted by atomic mass is 9.79. The van der Waals surface area contributed by atoms with Crippen molar-refractivity contribution in [3.05, 3.63) is 29.8 Å². The molecule has 1 fully saturated rings. The third kappa shape index (κ3) is 5.83. The Bertz CT molecular complexity index is 560. The van der Waals surface area contributed by atoms with Gasteiger partial charge in [0.1, 0.15) is 5.75 Å². The van der Waals surface area contributed by atoms with Crippen molar-refractivity contribution in [1.29, 1.82) is 0 Å². The van der Waals surface area contributed by atoms with Crippen LogP contribution in [-0.2, 0) is 9.53 Å². The molecule has 0 radical (unpaired) electrons. The second-order valence-electron chi connectivity index (χ2n) is 6.61. The average Bonchev–Trinajstić information content (AvgIpc) is 2.65. The van der Waals surface area contributed by atoms with E-state index in [-0.39, 0.29) is 29.9 Å². The Morgan fingerprint density at radius 2 is 1.80 bits per heavy atom. The van der Waals surface area contributed by atoms with Crippen LogP contribution in [0.15, 0.2) is 24.3 Å². The Hall–Kier alpha value is -1.92. The third-order valence-corrected chi connectivity index (χ3v) is 4.77. The first-order valence-electron chi connectivity index (χ1n) is 8.72. The fourth-order valence-corrected chi connectivity index (χ4v) is 3.16. The van der Waals surface area contributed by atoms with E-state index in [4.69, 9.17) is 9.47 Å². The maximum absolute atomic E-state index is 12.2. The van der Waals surface area contributed by atoms with Crippen molar-refractivity contribution in [2.75, 3.05) is 40.5 Å². The summed E-state index contributed by atoms with van der Waals surface area (Å²) in [5, 5.41) is 6.31. The lowest BCUT2D eigenvalue weighted by molar-refractivity contribution is -0.122. The number of carbonyl (C=O) groups is 2. The summed E-state index contributed by atoms with van der Waals surface area (Å²) in [5.74, 6) is 0.585. The van der Waals surface area contributed by atoms with Crippen LogP contribution in [0.2, 0.25) is 0 Å². The van der Waals surface area contributed by atoms with Gasteiger partial charge >= 0.3 is 0 Å². The van der Waals surface area contributed by atoms with Crippen LogP contribution in [0.5, 0.6) is 5.75 Å². The molecule has 0 aliphatic carbocycles. The van der Waals surface area contributed by atoms with E-state index in [1.54, 1.807) is 38.5 Å². The van der Waals surface area contributed by atoms with Crippen LogP contribution in [0, 0.1) is 5.41 Å². The largest absolute Gasteiger partial charge is 0.497 e. The maximum atomic E-state index is 12.2. The van der Waals surface area contributed by atoms with E-state index in [2.05, 4.69) is 10.6 Å². The van der Waals surface area contributed by atoms with Gasteiger partial charge in [0.25, 0.3) is 0 Å². The zero-order valence-electron chi connectivity index (χ0n) is 15.1. The van der Waals surface area contributed by atoms with Crippen LogP contribution in [-0.4, -0.2) is 52.2 Å². The van der Waals surface area contributed by atoms with Crippen LogP contribution in [0.4, 0.5) is 0 Å². The number of nitrogens with one attached hydrogen (secondary N) is 2. The molecule has 1 aliphatic rings. The number of carbonyl (C=O) groups excluding carboxylic acids is 2. The quantitative estimate of drug-likeness (QED) is 0.666. The minimum absolute atomic E-state index is 0.00431. The zero-order chi connectivity index (χ0) is 18.1. The highest BCUT2D eigenvalue weighted by atomic mass is 16.5. The van der Waals surface area contributed by atoms with Crippen molar-refractivity contribution in [3.63, 3.8) is 0 Å². The molecule has 0 bridgehead atoms. The minimum atomic E-state index is -0.0872. The highest BCUT2D eigenvalue weighted by molar-refractivity contribution is 5.98. The maximum Gasteiger partial charge on any atom is 0.220 e. The number of hydrogen-bond acceptors (Lipinski definition) is 5. The van der Waals surface area contributed by atoms with Gasteiger partial charge in [-0.1, -0.05) is 0 Å². The molecule has 25 heavy (non-hydrogen) atoms. The monoisotopic (exact) mass is 348 g/mol. The highest BCUT2D eigenvalue weighted by Gasteiger charge is 2.32. The fraction of sp³-hybridized carbons (Fsp3) is 0.579. The number of ketones is 1. The van der Waals surface area contributed by atoms with Crippen molar-refractivity contribution >= 4 is 11.7 Å². The summed E-state index contributed by atoms with van der Waals surface area (Å²) in [5.41, 5.74) is 0.596. The van der Waals surface area contributed by atoms with Crippen LogP contribution >= 0.6 is 0 Å². The van der Waals surface area contributed by atoms with E-state index >= 15 is 0 Å². The highest BCUT2D eigenvalue weighted by Crippen LogP contribution is 2.28. The van der Waals surface area contributed by atoms with Gasteiger partial charge in [-0.15, -0.1) is 0 Å². The Morgan fingerprint density at radius 1 is 1.12 bits per heavy atom. The van der Waals surface area contributed by atoms with Crippen LogP contribution in [0.3, 0.4) is 0 Å². The minimum Gasteiger partial charge on any atom is -0.497 e. The number of amides is 1. The second-order valence-corrected chi connectivity index (χ2v) is 6.61. The molecule has 1 aromatic carbocycles. The number of ether oxygens (including phenoxy) is 2. The molecule has 6 heteroatoms. The molecule has 6 nitrogen and oxygen atoms in total. The summed E-state index contributed by atoms with van der Waals surface area (Å²) >= 11 is 0. The molecule has 0 aromatic heterocycles. The molecule has 138 valence electrons. The number of Topliss-reactive ketones (excluding diaryl/α,β-unsaturated/α-hetero) is 1. The zero-order valence-corrected chi connectivity index (χ0v) is 15.1. The molecule has 0 saturated carbocycles. The molecule has 1 aliphatic heterocycles. The molecule has 1 amide bonds. The Labute approximate surface area is 149 Å². The van der Waals surface area contributed by atoms with Gasteiger partial charge < -0.3 is 20.1 Å². The number of rotatable bonds is 9. The molecule has 1 heterocycles. The third-order valence-electron chi connectivity index (χ3n) is 4.77. The van der Waals surface area contributed by atoms with Gasteiger partial charge in [0.05, 0.1) is 13.7 Å². The first-order valence-corrected chi connectivity index (χ1v) is 8.72. The summed E-state index contributed by atoms with van der Waals surface area (Å²) < 4.78 is 10.4. The van der Waals surface area contributed by atoms with E-state index in [1.165, 1.54) is 0 Å².